The summed E-state index contributed by atoms with van der Waals surface area (Å²) in [5.41, 5.74) is 2.55. The van der Waals surface area contributed by atoms with Crippen LogP contribution < -0.4 is 0 Å². The third-order valence-corrected chi connectivity index (χ3v) is 3.85. The highest BCUT2D eigenvalue weighted by Crippen LogP contribution is 2.29. The summed E-state index contributed by atoms with van der Waals surface area (Å²) in [6, 6.07) is 16.2. The van der Waals surface area contributed by atoms with Crippen molar-refractivity contribution in [1.29, 1.82) is 0 Å². The van der Waals surface area contributed by atoms with E-state index in [1.54, 1.807) is 24.3 Å². The minimum atomic E-state index is -2.16. The van der Waals surface area contributed by atoms with E-state index in [0.29, 0.717) is 16.8 Å². The first-order valence-corrected chi connectivity index (χ1v) is 7.04. The van der Waals surface area contributed by atoms with Crippen molar-refractivity contribution < 1.29 is 13.6 Å². The second-order valence-corrected chi connectivity index (χ2v) is 5.18. The summed E-state index contributed by atoms with van der Waals surface area (Å²) in [6.07, 6.45) is 0.756. The van der Waals surface area contributed by atoms with Gasteiger partial charge in [-0.25, -0.2) is 8.18 Å². The van der Waals surface area contributed by atoms with Crippen LogP contribution in [0.3, 0.4) is 0 Å². The van der Waals surface area contributed by atoms with Gasteiger partial charge in [0.25, 0.3) is 11.3 Å². The van der Waals surface area contributed by atoms with E-state index in [0.717, 1.165) is 17.2 Å². The molecule has 5 heteroatoms. The van der Waals surface area contributed by atoms with E-state index >= 15 is 0 Å². The standard InChI is InChI=1S/C15H11NO3S/c17-10-11-4-3-6-12(8-11)15-9-13-5-1-2-7-14(13)16(15)20(18)19/h1-10H,(H,18,19). The van der Waals surface area contributed by atoms with E-state index in [1.165, 1.54) is 3.97 Å². The van der Waals surface area contributed by atoms with Gasteiger partial charge in [0.1, 0.15) is 6.29 Å². The van der Waals surface area contributed by atoms with Crippen molar-refractivity contribution in [2.45, 2.75) is 0 Å². The quantitative estimate of drug-likeness (QED) is 0.594. The van der Waals surface area contributed by atoms with Crippen molar-refractivity contribution >= 4 is 28.5 Å². The number of carbonyl (C=O) groups is 1. The number of fused-ring (bicyclic) bond motifs is 1. The molecular weight excluding hydrogens is 274 g/mol. The molecule has 3 aromatic rings. The minimum Gasteiger partial charge on any atom is -0.298 e. The molecule has 1 heterocycles. The summed E-state index contributed by atoms with van der Waals surface area (Å²) in [5, 5.41) is 0.876. The number of aromatic nitrogens is 1. The predicted octanol–water partition coefficient (Wildman–Crippen LogP) is 3.11. The Morgan fingerprint density at radius 2 is 1.85 bits per heavy atom. The molecule has 0 spiro atoms. The van der Waals surface area contributed by atoms with Crippen LogP contribution in [0.15, 0.2) is 54.6 Å². The van der Waals surface area contributed by atoms with Crippen molar-refractivity contribution in [3.8, 4) is 11.3 Å². The zero-order valence-electron chi connectivity index (χ0n) is 10.4. The van der Waals surface area contributed by atoms with Crippen LogP contribution in [-0.2, 0) is 11.3 Å². The van der Waals surface area contributed by atoms with E-state index < -0.39 is 11.3 Å². The van der Waals surface area contributed by atoms with Gasteiger partial charge in [0, 0.05) is 10.9 Å². The smallest absolute Gasteiger partial charge is 0.266 e. The lowest BCUT2D eigenvalue weighted by Gasteiger charge is -2.06. The average molecular weight is 285 g/mol. The highest BCUT2D eigenvalue weighted by Gasteiger charge is 2.14. The molecule has 0 aliphatic rings. The normalized spacial score (nSPS) is 12.4. The number of rotatable bonds is 3. The second-order valence-electron chi connectivity index (χ2n) is 4.36. The molecule has 1 N–H and O–H groups in total. The first-order valence-electron chi connectivity index (χ1n) is 5.98. The SMILES string of the molecule is O=Cc1cccc(-c2cc3ccccc3n2S(=O)O)c1. The molecule has 0 fully saturated rings. The number of nitrogens with zero attached hydrogens (tertiary/aromatic N) is 1. The van der Waals surface area contributed by atoms with Crippen LogP contribution >= 0.6 is 0 Å². The van der Waals surface area contributed by atoms with E-state index in [9.17, 15) is 13.6 Å². The van der Waals surface area contributed by atoms with Gasteiger partial charge in [-0.15, -0.1) is 0 Å². The summed E-state index contributed by atoms with van der Waals surface area (Å²) >= 11 is -2.16. The molecule has 0 radical (unpaired) electrons. The Labute approximate surface area is 118 Å². The van der Waals surface area contributed by atoms with Crippen LogP contribution in [0.25, 0.3) is 22.2 Å². The Balaban J connectivity index is 2.32. The van der Waals surface area contributed by atoms with Gasteiger partial charge >= 0.3 is 0 Å². The molecule has 1 aromatic heterocycles. The van der Waals surface area contributed by atoms with Crippen LogP contribution in [0, 0.1) is 0 Å². The molecule has 3 rings (SSSR count). The molecule has 0 aliphatic heterocycles. The molecule has 4 nitrogen and oxygen atoms in total. The summed E-state index contributed by atoms with van der Waals surface area (Å²) < 4.78 is 22.5. The van der Waals surface area contributed by atoms with Gasteiger partial charge in [-0.05, 0) is 23.8 Å². The van der Waals surface area contributed by atoms with Gasteiger partial charge in [-0.1, -0.05) is 36.4 Å². The Hall–Kier alpha value is -2.24. The molecule has 0 bridgehead atoms. The van der Waals surface area contributed by atoms with Gasteiger partial charge in [0.05, 0.1) is 11.2 Å². The monoisotopic (exact) mass is 285 g/mol. The lowest BCUT2D eigenvalue weighted by Crippen LogP contribution is -2.04. The lowest BCUT2D eigenvalue weighted by molar-refractivity contribution is 0.112. The van der Waals surface area contributed by atoms with E-state index in [4.69, 9.17) is 0 Å². The molecule has 0 saturated heterocycles. The van der Waals surface area contributed by atoms with Crippen molar-refractivity contribution in [2.24, 2.45) is 0 Å². The summed E-state index contributed by atoms with van der Waals surface area (Å²) in [7, 11) is 0. The van der Waals surface area contributed by atoms with Gasteiger partial charge in [-0.2, -0.15) is 0 Å². The number of carbonyl (C=O) groups excluding carboxylic acids is 1. The highest BCUT2D eigenvalue weighted by atomic mass is 32.2. The number of benzene rings is 2. The highest BCUT2D eigenvalue weighted by molar-refractivity contribution is 7.77. The van der Waals surface area contributed by atoms with Crippen LogP contribution in [0.2, 0.25) is 0 Å². The van der Waals surface area contributed by atoms with E-state index in [1.807, 2.05) is 30.3 Å². The first kappa shape index (κ1) is 12.8. The van der Waals surface area contributed by atoms with Crippen LogP contribution in [0.1, 0.15) is 10.4 Å². The Morgan fingerprint density at radius 3 is 2.60 bits per heavy atom. The van der Waals surface area contributed by atoms with Crippen LogP contribution in [0.4, 0.5) is 0 Å². The Kier molecular flexibility index (Phi) is 3.22. The fraction of sp³-hybridized carbons (Fsp3) is 0. The summed E-state index contributed by atoms with van der Waals surface area (Å²) in [5.74, 6) is 0. The third-order valence-electron chi connectivity index (χ3n) is 3.14. The molecule has 2 aromatic carbocycles. The molecule has 20 heavy (non-hydrogen) atoms. The topological polar surface area (TPSA) is 59.3 Å². The lowest BCUT2D eigenvalue weighted by atomic mass is 10.1. The predicted molar refractivity (Wildman–Crippen MR) is 78.9 cm³/mol. The average Bonchev–Trinajstić information content (AvgIpc) is 2.87. The maximum absolute atomic E-state index is 11.6. The second kappa shape index (κ2) is 5.03. The van der Waals surface area contributed by atoms with Crippen LogP contribution in [-0.4, -0.2) is 19.0 Å². The number of aldehydes is 1. The van der Waals surface area contributed by atoms with Gasteiger partial charge < -0.3 is 0 Å². The number of hydrogen-bond acceptors (Lipinski definition) is 2. The summed E-state index contributed by atoms with van der Waals surface area (Å²) in [6.45, 7) is 0. The Bertz CT molecular complexity index is 823. The summed E-state index contributed by atoms with van der Waals surface area (Å²) in [4.78, 5) is 10.9. The van der Waals surface area contributed by atoms with Gasteiger partial charge in [0.15, 0.2) is 0 Å². The fourth-order valence-corrected chi connectivity index (χ4v) is 2.93. The largest absolute Gasteiger partial charge is 0.298 e. The third kappa shape index (κ3) is 2.07. The van der Waals surface area contributed by atoms with E-state index in [-0.39, 0.29) is 0 Å². The van der Waals surface area contributed by atoms with Crippen molar-refractivity contribution in [2.75, 3.05) is 0 Å². The van der Waals surface area contributed by atoms with Gasteiger partial charge in [0.2, 0.25) is 0 Å². The molecule has 1 unspecified atom stereocenters. The zero-order chi connectivity index (χ0) is 14.1. The van der Waals surface area contributed by atoms with Crippen molar-refractivity contribution in [3.05, 3.63) is 60.2 Å². The maximum Gasteiger partial charge on any atom is 0.266 e. The fourth-order valence-electron chi connectivity index (χ4n) is 2.27. The van der Waals surface area contributed by atoms with E-state index in [2.05, 4.69) is 0 Å². The molecular formula is C15H11NO3S. The van der Waals surface area contributed by atoms with Crippen molar-refractivity contribution in [1.82, 2.24) is 3.97 Å². The molecule has 0 amide bonds. The van der Waals surface area contributed by atoms with Gasteiger partial charge in [-0.3, -0.25) is 9.35 Å². The minimum absolute atomic E-state index is 0.531. The zero-order valence-corrected chi connectivity index (χ0v) is 11.2. The maximum atomic E-state index is 11.6. The number of hydrogen-bond donors (Lipinski definition) is 1. The van der Waals surface area contributed by atoms with Crippen LogP contribution in [0.5, 0.6) is 0 Å². The first-order chi connectivity index (χ1) is 9.70. The molecule has 0 aliphatic carbocycles. The van der Waals surface area contributed by atoms with Crippen molar-refractivity contribution in [3.63, 3.8) is 0 Å². The number of para-hydroxylation sites is 1. The molecule has 100 valence electrons. The Morgan fingerprint density at radius 1 is 1.05 bits per heavy atom. The molecule has 1 atom stereocenters. The molecule has 0 saturated carbocycles.